The van der Waals surface area contributed by atoms with Crippen LogP contribution in [0.3, 0.4) is 0 Å². The molecule has 0 heterocycles. The van der Waals surface area contributed by atoms with Gasteiger partial charge in [-0.05, 0) is 48.5 Å². The molecule has 0 aromatic heterocycles. The molecule has 0 radical (unpaired) electrons. The minimum atomic E-state index is 0. The van der Waals surface area contributed by atoms with Crippen molar-refractivity contribution in [2.45, 2.75) is 55.9 Å². The van der Waals surface area contributed by atoms with Crippen molar-refractivity contribution in [1.29, 1.82) is 0 Å². The van der Waals surface area contributed by atoms with Gasteiger partial charge in [-0.2, -0.15) is 0 Å². The molecule has 0 fully saturated rings. The minimum absolute atomic E-state index is 0. The molecule has 0 nitrogen and oxygen atoms in total. The Balaban J connectivity index is 0.000000397. The summed E-state index contributed by atoms with van der Waals surface area (Å²) in [4.78, 5) is 0. The third kappa shape index (κ3) is 14.8. The van der Waals surface area contributed by atoms with E-state index >= 15 is 0 Å². The first kappa shape index (κ1) is 28.9. The second-order valence-corrected chi connectivity index (χ2v) is 8.12. The van der Waals surface area contributed by atoms with Crippen LogP contribution in [0.1, 0.15) is 46.4 Å². The zero-order valence-corrected chi connectivity index (χ0v) is 20.3. The molecule has 170 valence electrons. The quantitative estimate of drug-likeness (QED) is 0.262. The molecule has 0 aliphatic heterocycles. The van der Waals surface area contributed by atoms with Crippen molar-refractivity contribution < 1.29 is 0 Å². The van der Waals surface area contributed by atoms with E-state index in [9.17, 15) is 0 Å². The summed E-state index contributed by atoms with van der Waals surface area (Å²) in [6.45, 7) is 14.7. The van der Waals surface area contributed by atoms with Gasteiger partial charge in [-0.25, -0.2) is 0 Å². The van der Waals surface area contributed by atoms with E-state index in [4.69, 9.17) is 0 Å². The first-order chi connectivity index (χ1) is 14.8. The van der Waals surface area contributed by atoms with Gasteiger partial charge < -0.3 is 0 Å². The summed E-state index contributed by atoms with van der Waals surface area (Å²) in [5.41, 5.74) is 9.30. The maximum Gasteiger partial charge on any atom is -0.0398 e. The number of benzene rings is 4. The number of rotatable bonds is 0. The normalized spacial score (nSPS) is 8.84. The molecule has 0 spiro atoms. The third-order valence-electron chi connectivity index (χ3n) is 4.60. The highest BCUT2D eigenvalue weighted by Crippen LogP contribution is 2.01. The Morgan fingerprint density at radius 3 is 0.531 bits per heavy atom. The van der Waals surface area contributed by atoms with Crippen molar-refractivity contribution in [2.24, 2.45) is 0 Å². The first-order valence-corrected chi connectivity index (χ1v) is 10.9. The predicted octanol–water partition coefficient (Wildman–Crippen LogP) is 9.54. The van der Waals surface area contributed by atoms with Crippen molar-refractivity contribution in [1.82, 2.24) is 0 Å². The molecule has 0 saturated heterocycles. The van der Waals surface area contributed by atoms with Crippen LogP contribution in [0.4, 0.5) is 0 Å². The Bertz CT molecular complexity index is 779. The molecule has 0 unspecified atom stereocenters. The Kier molecular flexibility index (Phi) is 14.9. The second-order valence-electron chi connectivity index (χ2n) is 8.12. The van der Waals surface area contributed by atoms with Gasteiger partial charge in [0.25, 0.3) is 0 Å². The fourth-order valence-electron chi connectivity index (χ4n) is 2.45. The smallest absolute Gasteiger partial charge is 0.0398 e. The lowest BCUT2D eigenvalue weighted by atomic mass is 10.2. The Morgan fingerprint density at radius 2 is 0.406 bits per heavy atom. The van der Waals surface area contributed by atoms with Crippen LogP contribution in [-0.2, 0) is 0 Å². The standard InChI is InChI=1S/3C8H10.C7H8.CH4/c3*1-7-3-5-8(2)6-4-7;1-7-5-3-2-4-6-7;/h3*3-6H,1-2H3;2-6H,1H3;1H4. The summed E-state index contributed by atoms with van der Waals surface area (Å²) in [6.07, 6.45) is 0. The van der Waals surface area contributed by atoms with Crippen LogP contribution in [-0.4, -0.2) is 0 Å². The zero-order valence-electron chi connectivity index (χ0n) is 20.3. The highest BCUT2D eigenvalue weighted by atomic mass is 13.9. The maximum absolute atomic E-state index is 2.12. The summed E-state index contributed by atoms with van der Waals surface area (Å²) in [6, 6.07) is 35.7. The van der Waals surface area contributed by atoms with Gasteiger partial charge in [0, 0.05) is 0 Å². The number of hydrogen-bond acceptors (Lipinski definition) is 0. The van der Waals surface area contributed by atoms with Crippen molar-refractivity contribution in [3.63, 3.8) is 0 Å². The Hall–Kier alpha value is -3.12. The fourth-order valence-corrected chi connectivity index (χ4v) is 2.45. The van der Waals surface area contributed by atoms with Gasteiger partial charge in [-0.3, -0.25) is 0 Å². The highest BCUT2D eigenvalue weighted by molar-refractivity contribution is 5.21. The van der Waals surface area contributed by atoms with E-state index in [-0.39, 0.29) is 7.43 Å². The molecule has 4 aromatic carbocycles. The van der Waals surface area contributed by atoms with Crippen molar-refractivity contribution in [3.8, 4) is 0 Å². The van der Waals surface area contributed by atoms with Crippen LogP contribution >= 0.6 is 0 Å². The first-order valence-electron chi connectivity index (χ1n) is 10.9. The Morgan fingerprint density at radius 1 is 0.250 bits per heavy atom. The molecule has 0 atom stereocenters. The van der Waals surface area contributed by atoms with E-state index in [2.05, 4.69) is 133 Å². The molecule has 0 aliphatic carbocycles. The molecule has 0 saturated carbocycles. The van der Waals surface area contributed by atoms with Crippen molar-refractivity contribution in [2.75, 3.05) is 0 Å². The van der Waals surface area contributed by atoms with Crippen LogP contribution in [0.2, 0.25) is 0 Å². The van der Waals surface area contributed by atoms with Gasteiger partial charge in [0.2, 0.25) is 0 Å². The molecule has 0 N–H and O–H groups in total. The van der Waals surface area contributed by atoms with Gasteiger partial charge >= 0.3 is 0 Å². The third-order valence-corrected chi connectivity index (χ3v) is 4.60. The van der Waals surface area contributed by atoms with E-state index in [1.165, 1.54) is 38.9 Å². The summed E-state index contributed by atoms with van der Waals surface area (Å²) >= 11 is 0. The molecule has 0 aliphatic rings. The fraction of sp³-hybridized carbons (Fsp3) is 0.250. The second kappa shape index (κ2) is 16.6. The lowest BCUT2D eigenvalue weighted by molar-refractivity contribution is 1.40. The molecule has 0 heteroatoms. The average molecular weight is 427 g/mol. The topological polar surface area (TPSA) is 0 Å². The molecular formula is C32H42. The average Bonchev–Trinajstić information content (AvgIpc) is 2.76. The van der Waals surface area contributed by atoms with Crippen LogP contribution in [0.25, 0.3) is 0 Å². The van der Waals surface area contributed by atoms with Crippen LogP contribution in [0, 0.1) is 48.5 Å². The van der Waals surface area contributed by atoms with E-state index in [1.807, 2.05) is 18.2 Å². The van der Waals surface area contributed by atoms with Crippen LogP contribution < -0.4 is 0 Å². The maximum atomic E-state index is 2.12. The summed E-state index contributed by atoms with van der Waals surface area (Å²) in [5, 5.41) is 0. The van der Waals surface area contributed by atoms with E-state index in [0.29, 0.717) is 0 Å². The van der Waals surface area contributed by atoms with E-state index < -0.39 is 0 Å². The number of aryl methyl sites for hydroxylation is 7. The van der Waals surface area contributed by atoms with E-state index in [0.717, 1.165) is 0 Å². The van der Waals surface area contributed by atoms with Crippen LogP contribution in [0.5, 0.6) is 0 Å². The van der Waals surface area contributed by atoms with Gasteiger partial charge in [0.15, 0.2) is 0 Å². The SMILES string of the molecule is C.Cc1ccc(C)cc1.Cc1ccc(C)cc1.Cc1ccc(C)cc1.Cc1ccccc1. The van der Waals surface area contributed by atoms with E-state index in [1.54, 1.807) is 0 Å². The van der Waals surface area contributed by atoms with Gasteiger partial charge in [-0.1, -0.05) is 149 Å². The monoisotopic (exact) mass is 426 g/mol. The van der Waals surface area contributed by atoms with Gasteiger partial charge in [0.1, 0.15) is 0 Å². The zero-order chi connectivity index (χ0) is 23.1. The van der Waals surface area contributed by atoms with Gasteiger partial charge in [-0.15, -0.1) is 0 Å². The summed E-state index contributed by atoms with van der Waals surface area (Å²) in [5.74, 6) is 0. The molecule has 32 heavy (non-hydrogen) atoms. The van der Waals surface area contributed by atoms with Crippen molar-refractivity contribution >= 4 is 0 Å². The number of hydrogen-bond donors (Lipinski definition) is 0. The Labute approximate surface area is 198 Å². The van der Waals surface area contributed by atoms with Crippen molar-refractivity contribution in [3.05, 3.63) is 142 Å². The molecule has 4 rings (SSSR count). The minimum Gasteiger partial charge on any atom is -0.0776 e. The summed E-state index contributed by atoms with van der Waals surface area (Å²) < 4.78 is 0. The van der Waals surface area contributed by atoms with Crippen LogP contribution in [0.15, 0.2) is 103 Å². The lowest BCUT2D eigenvalue weighted by Crippen LogP contribution is -1.70. The molecule has 0 bridgehead atoms. The van der Waals surface area contributed by atoms with Gasteiger partial charge in [0.05, 0.1) is 0 Å². The molecular weight excluding hydrogens is 384 g/mol. The largest absolute Gasteiger partial charge is 0.0776 e. The molecule has 0 amide bonds. The predicted molar refractivity (Wildman–Crippen MR) is 146 cm³/mol. The summed E-state index contributed by atoms with van der Waals surface area (Å²) in [7, 11) is 0. The lowest BCUT2D eigenvalue weighted by Gasteiger charge is -1.90. The highest BCUT2D eigenvalue weighted by Gasteiger charge is 1.81. The molecule has 4 aromatic rings.